The number of carbonyl (C=O) groups is 1. The van der Waals surface area contributed by atoms with Crippen LogP contribution in [0, 0.1) is 0 Å². The smallest absolute Gasteiger partial charge is 0.242 e. The predicted molar refractivity (Wildman–Crippen MR) is 86.0 cm³/mol. The maximum atomic E-state index is 12.4. The normalized spacial score (nSPS) is 18.7. The van der Waals surface area contributed by atoms with E-state index in [0.717, 1.165) is 31.0 Å². The summed E-state index contributed by atoms with van der Waals surface area (Å²) in [5.41, 5.74) is 0. The van der Waals surface area contributed by atoms with Crippen LogP contribution < -0.4 is 10.6 Å². The van der Waals surface area contributed by atoms with Crippen molar-refractivity contribution in [2.24, 2.45) is 0 Å². The standard InChI is InChI=1S/C15H23N7O/c1-10(2)22-14(6-7-17-22)20-15(23)11(3)19-12-4-5-13-16-9-18-21(13)8-12/h6-7,9-12,19H,4-5,8H2,1-3H3,(H,20,23)/t11-,12-/m0/s1. The van der Waals surface area contributed by atoms with Crippen LogP contribution >= 0.6 is 0 Å². The molecule has 2 aromatic rings. The van der Waals surface area contributed by atoms with E-state index in [-0.39, 0.29) is 24.0 Å². The van der Waals surface area contributed by atoms with Gasteiger partial charge in [0.15, 0.2) is 0 Å². The Balaban J connectivity index is 1.57. The van der Waals surface area contributed by atoms with E-state index >= 15 is 0 Å². The van der Waals surface area contributed by atoms with E-state index in [0.29, 0.717) is 0 Å². The molecule has 2 atom stereocenters. The van der Waals surface area contributed by atoms with Gasteiger partial charge < -0.3 is 10.6 Å². The van der Waals surface area contributed by atoms with Gasteiger partial charge in [-0.1, -0.05) is 0 Å². The van der Waals surface area contributed by atoms with E-state index in [1.165, 1.54) is 0 Å². The Labute approximate surface area is 135 Å². The van der Waals surface area contributed by atoms with Crippen molar-refractivity contribution in [3.05, 3.63) is 24.4 Å². The molecule has 0 saturated carbocycles. The molecule has 3 rings (SSSR count). The molecular formula is C15H23N7O. The maximum absolute atomic E-state index is 12.4. The average Bonchev–Trinajstić information content (AvgIpc) is 3.15. The first-order valence-electron chi connectivity index (χ1n) is 8.01. The molecule has 0 radical (unpaired) electrons. The highest BCUT2D eigenvalue weighted by atomic mass is 16.2. The van der Waals surface area contributed by atoms with Crippen molar-refractivity contribution in [2.45, 2.75) is 58.3 Å². The Morgan fingerprint density at radius 2 is 2.17 bits per heavy atom. The Morgan fingerprint density at radius 3 is 2.96 bits per heavy atom. The number of rotatable bonds is 5. The number of carbonyl (C=O) groups excluding carboxylic acids is 1. The van der Waals surface area contributed by atoms with Crippen molar-refractivity contribution in [3.8, 4) is 0 Å². The van der Waals surface area contributed by atoms with Crippen molar-refractivity contribution in [2.75, 3.05) is 5.32 Å². The lowest BCUT2D eigenvalue weighted by molar-refractivity contribution is -0.118. The van der Waals surface area contributed by atoms with Gasteiger partial charge in [-0.3, -0.25) is 4.79 Å². The molecule has 0 bridgehead atoms. The second kappa shape index (κ2) is 6.49. The second-order valence-corrected chi connectivity index (χ2v) is 6.23. The molecule has 0 aliphatic carbocycles. The van der Waals surface area contributed by atoms with Gasteiger partial charge in [0.1, 0.15) is 18.0 Å². The van der Waals surface area contributed by atoms with E-state index in [1.54, 1.807) is 17.2 Å². The highest BCUT2D eigenvalue weighted by Crippen LogP contribution is 2.14. The second-order valence-electron chi connectivity index (χ2n) is 6.23. The first kappa shape index (κ1) is 15.7. The van der Waals surface area contributed by atoms with Crippen LogP contribution in [0.4, 0.5) is 5.82 Å². The molecule has 3 heterocycles. The SMILES string of the molecule is CC(C)n1nccc1NC(=O)[C@H](C)N[C@H]1CCc2ncnn2C1. The number of aromatic nitrogens is 5. The third kappa shape index (κ3) is 3.42. The van der Waals surface area contributed by atoms with Gasteiger partial charge in [0.2, 0.25) is 5.91 Å². The van der Waals surface area contributed by atoms with E-state index in [4.69, 9.17) is 0 Å². The number of amides is 1. The quantitative estimate of drug-likeness (QED) is 0.858. The summed E-state index contributed by atoms with van der Waals surface area (Å²) in [5, 5.41) is 14.7. The molecule has 0 unspecified atom stereocenters. The van der Waals surface area contributed by atoms with Gasteiger partial charge in [0, 0.05) is 24.6 Å². The predicted octanol–water partition coefficient (Wildman–Crippen LogP) is 0.987. The number of hydrogen-bond donors (Lipinski definition) is 2. The van der Waals surface area contributed by atoms with Gasteiger partial charge in [-0.15, -0.1) is 0 Å². The van der Waals surface area contributed by atoms with E-state index in [1.807, 2.05) is 31.5 Å². The summed E-state index contributed by atoms with van der Waals surface area (Å²) in [6.45, 7) is 6.68. The van der Waals surface area contributed by atoms with Gasteiger partial charge in [0.25, 0.3) is 0 Å². The molecule has 1 aliphatic rings. The molecule has 2 N–H and O–H groups in total. The highest BCUT2D eigenvalue weighted by Gasteiger charge is 2.24. The van der Waals surface area contributed by atoms with Crippen LogP contribution in [0.3, 0.4) is 0 Å². The van der Waals surface area contributed by atoms with Crippen molar-refractivity contribution in [1.82, 2.24) is 29.9 Å². The molecular weight excluding hydrogens is 294 g/mol. The molecule has 2 aromatic heterocycles. The molecule has 8 nitrogen and oxygen atoms in total. The average molecular weight is 317 g/mol. The van der Waals surface area contributed by atoms with Gasteiger partial charge in [-0.05, 0) is 27.2 Å². The number of fused-ring (bicyclic) bond motifs is 1. The third-order valence-corrected chi connectivity index (χ3v) is 4.10. The Hall–Kier alpha value is -2.22. The first-order chi connectivity index (χ1) is 11.0. The van der Waals surface area contributed by atoms with Crippen LogP contribution in [0.5, 0.6) is 0 Å². The van der Waals surface area contributed by atoms with Crippen LogP contribution in [-0.4, -0.2) is 42.5 Å². The van der Waals surface area contributed by atoms with Crippen molar-refractivity contribution in [3.63, 3.8) is 0 Å². The summed E-state index contributed by atoms with van der Waals surface area (Å²) in [7, 11) is 0. The molecule has 0 spiro atoms. The van der Waals surface area contributed by atoms with E-state index in [9.17, 15) is 4.79 Å². The topological polar surface area (TPSA) is 89.7 Å². The molecule has 8 heteroatoms. The summed E-state index contributed by atoms with van der Waals surface area (Å²) in [5.74, 6) is 1.68. The molecule has 23 heavy (non-hydrogen) atoms. The van der Waals surface area contributed by atoms with Crippen LogP contribution in [0.1, 0.15) is 39.1 Å². The zero-order valence-corrected chi connectivity index (χ0v) is 13.7. The number of nitrogens with zero attached hydrogens (tertiary/aromatic N) is 5. The van der Waals surface area contributed by atoms with Gasteiger partial charge in [-0.25, -0.2) is 14.3 Å². The van der Waals surface area contributed by atoms with E-state index in [2.05, 4.69) is 25.8 Å². The monoisotopic (exact) mass is 317 g/mol. The van der Waals surface area contributed by atoms with Crippen LogP contribution in [0.25, 0.3) is 0 Å². The summed E-state index contributed by atoms with van der Waals surface area (Å²) in [6, 6.07) is 1.94. The maximum Gasteiger partial charge on any atom is 0.242 e. The number of hydrogen-bond acceptors (Lipinski definition) is 5. The number of aryl methyl sites for hydroxylation is 1. The van der Waals surface area contributed by atoms with E-state index < -0.39 is 0 Å². The highest BCUT2D eigenvalue weighted by molar-refractivity contribution is 5.93. The Bertz CT molecular complexity index is 675. The third-order valence-electron chi connectivity index (χ3n) is 4.10. The minimum Gasteiger partial charge on any atom is -0.310 e. The fraction of sp³-hybridized carbons (Fsp3) is 0.600. The van der Waals surface area contributed by atoms with Gasteiger partial charge >= 0.3 is 0 Å². The van der Waals surface area contributed by atoms with Gasteiger partial charge in [-0.2, -0.15) is 10.2 Å². The summed E-state index contributed by atoms with van der Waals surface area (Å²) < 4.78 is 3.70. The van der Waals surface area contributed by atoms with Crippen molar-refractivity contribution >= 4 is 11.7 Å². The largest absolute Gasteiger partial charge is 0.310 e. The molecule has 1 aliphatic heterocycles. The lowest BCUT2D eigenvalue weighted by Crippen LogP contribution is -2.47. The molecule has 0 saturated heterocycles. The first-order valence-corrected chi connectivity index (χ1v) is 8.01. The lowest BCUT2D eigenvalue weighted by atomic mass is 10.1. The summed E-state index contributed by atoms with van der Waals surface area (Å²) in [6.07, 6.45) is 5.12. The molecule has 1 amide bonds. The molecule has 124 valence electrons. The fourth-order valence-corrected chi connectivity index (χ4v) is 2.86. The van der Waals surface area contributed by atoms with Crippen molar-refractivity contribution < 1.29 is 4.79 Å². The summed E-state index contributed by atoms with van der Waals surface area (Å²) in [4.78, 5) is 16.6. The number of anilines is 1. The van der Waals surface area contributed by atoms with Crippen molar-refractivity contribution in [1.29, 1.82) is 0 Å². The number of nitrogens with one attached hydrogen (secondary N) is 2. The van der Waals surface area contributed by atoms with Crippen LogP contribution in [-0.2, 0) is 17.8 Å². The minimum absolute atomic E-state index is 0.0585. The zero-order valence-electron chi connectivity index (χ0n) is 13.7. The van der Waals surface area contributed by atoms with Crippen LogP contribution in [0.2, 0.25) is 0 Å². The Kier molecular flexibility index (Phi) is 4.42. The summed E-state index contributed by atoms with van der Waals surface area (Å²) >= 11 is 0. The molecule has 0 fully saturated rings. The minimum atomic E-state index is -0.291. The molecule has 0 aromatic carbocycles. The van der Waals surface area contributed by atoms with Gasteiger partial charge in [0.05, 0.1) is 18.8 Å². The Morgan fingerprint density at radius 1 is 1.35 bits per heavy atom. The lowest BCUT2D eigenvalue weighted by Gasteiger charge is -2.26. The fourth-order valence-electron chi connectivity index (χ4n) is 2.86. The van der Waals surface area contributed by atoms with Crippen LogP contribution in [0.15, 0.2) is 18.6 Å². The zero-order chi connectivity index (χ0) is 16.4.